The maximum absolute atomic E-state index is 5.63. The second kappa shape index (κ2) is 6.63. The summed E-state index contributed by atoms with van der Waals surface area (Å²) < 4.78 is 5.32. The van der Waals surface area contributed by atoms with Crippen LogP contribution in [0.3, 0.4) is 0 Å². The molecule has 2 nitrogen and oxygen atoms in total. The molecule has 1 aliphatic rings. The molecule has 0 amide bonds. The van der Waals surface area contributed by atoms with E-state index in [0.717, 1.165) is 12.3 Å². The molecule has 3 heteroatoms. The highest BCUT2D eigenvalue weighted by molar-refractivity contribution is 6.17. The molecule has 0 bridgehead atoms. The van der Waals surface area contributed by atoms with Gasteiger partial charge < -0.3 is 9.64 Å². The molecule has 0 spiro atoms. The third kappa shape index (κ3) is 4.30. The number of halogens is 1. The minimum Gasteiger partial charge on any atom is -0.381 e. The fourth-order valence-electron chi connectivity index (χ4n) is 1.80. The summed E-state index contributed by atoms with van der Waals surface area (Å²) in [6.45, 7) is 3.60. The molecule has 0 aliphatic carbocycles. The Bertz CT molecular complexity index is 121. The number of piperidine rings is 1. The van der Waals surface area contributed by atoms with Crippen LogP contribution in [-0.2, 0) is 4.74 Å². The number of hydrogen-bond acceptors (Lipinski definition) is 2. The van der Waals surface area contributed by atoms with Crippen LogP contribution in [0.4, 0.5) is 0 Å². The molecule has 1 aliphatic heterocycles. The molecule has 0 atom stereocenters. The van der Waals surface area contributed by atoms with E-state index in [2.05, 4.69) is 4.90 Å². The van der Waals surface area contributed by atoms with Crippen LogP contribution in [0.15, 0.2) is 0 Å². The van der Waals surface area contributed by atoms with Crippen molar-refractivity contribution in [2.75, 3.05) is 32.6 Å². The lowest BCUT2D eigenvalue weighted by molar-refractivity contribution is 0.0408. The molecule has 1 rings (SSSR count). The van der Waals surface area contributed by atoms with Crippen LogP contribution in [0.1, 0.15) is 25.7 Å². The minimum absolute atomic E-state index is 0.504. The molecule has 0 N–H and O–H groups in total. The van der Waals surface area contributed by atoms with Crippen LogP contribution in [0.25, 0.3) is 0 Å². The number of hydrogen-bond donors (Lipinski definition) is 0. The Morgan fingerprint density at radius 2 is 2.00 bits per heavy atom. The van der Waals surface area contributed by atoms with Crippen molar-refractivity contribution in [2.45, 2.75) is 31.8 Å². The first-order valence-electron chi connectivity index (χ1n) is 5.18. The van der Waals surface area contributed by atoms with Gasteiger partial charge in [-0.05, 0) is 32.2 Å². The zero-order chi connectivity index (χ0) is 9.52. The summed E-state index contributed by atoms with van der Waals surface area (Å²) in [5, 5.41) is 0. The van der Waals surface area contributed by atoms with Gasteiger partial charge in [-0.3, -0.25) is 0 Å². The predicted octanol–water partition coefficient (Wildman–Crippen LogP) is 2.12. The Labute approximate surface area is 86.2 Å². The monoisotopic (exact) mass is 205 g/mol. The second-order valence-corrected chi connectivity index (χ2v) is 4.05. The molecular formula is C10H20ClNO. The third-order valence-electron chi connectivity index (χ3n) is 2.73. The molecule has 1 heterocycles. The van der Waals surface area contributed by atoms with Gasteiger partial charge in [0.25, 0.3) is 0 Å². The normalized spacial score (nSPS) is 20.8. The van der Waals surface area contributed by atoms with E-state index in [9.17, 15) is 0 Å². The maximum Gasteiger partial charge on any atom is 0.0595 e. The molecule has 0 radical (unpaired) electrons. The molecular weight excluding hydrogens is 186 g/mol. The van der Waals surface area contributed by atoms with Gasteiger partial charge in [0, 0.05) is 26.1 Å². The van der Waals surface area contributed by atoms with Crippen molar-refractivity contribution in [3.05, 3.63) is 0 Å². The molecule has 78 valence electrons. The smallest absolute Gasteiger partial charge is 0.0595 e. The van der Waals surface area contributed by atoms with Crippen LogP contribution in [0, 0.1) is 0 Å². The Hall–Kier alpha value is 0.210. The summed E-state index contributed by atoms with van der Waals surface area (Å²) in [6.07, 6.45) is 5.27. The molecule has 0 saturated carbocycles. The van der Waals surface area contributed by atoms with Gasteiger partial charge in [-0.25, -0.2) is 0 Å². The molecule has 0 aromatic heterocycles. The molecule has 1 saturated heterocycles. The van der Waals surface area contributed by atoms with E-state index in [0.29, 0.717) is 6.10 Å². The first-order chi connectivity index (χ1) is 6.36. The van der Waals surface area contributed by atoms with E-state index in [1.807, 2.05) is 7.11 Å². The second-order valence-electron chi connectivity index (χ2n) is 3.67. The zero-order valence-corrected chi connectivity index (χ0v) is 9.22. The summed E-state index contributed by atoms with van der Waals surface area (Å²) in [6, 6.07) is 0. The van der Waals surface area contributed by atoms with Crippen molar-refractivity contribution in [2.24, 2.45) is 0 Å². The van der Waals surface area contributed by atoms with Crippen molar-refractivity contribution < 1.29 is 4.74 Å². The van der Waals surface area contributed by atoms with Crippen LogP contribution >= 0.6 is 11.6 Å². The number of unbranched alkanes of at least 4 members (excludes halogenated alkanes) is 1. The highest BCUT2D eigenvalue weighted by atomic mass is 35.5. The Kier molecular flexibility index (Phi) is 5.76. The fourth-order valence-corrected chi connectivity index (χ4v) is 1.99. The summed E-state index contributed by atoms with van der Waals surface area (Å²) in [4.78, 5) is 2.52. The van der Waals surface area contributed by atoms with Crippen LogP contribution in [0.2, 0.25) is 0 Å². The van der Waals surface area contributed by atoms with E-state index >= 15 is 0 Å². The third-order valence-corrected chi connectivity index (χ3v) is 2.99. The summed E-state index contributed by atoms with van der Waals surface area (Å²) in [5.74, 6) is 0.800. The molecule has 13 heavy (non-hydrogen) atoms. The summed E-state index contributed by atoms with van der Waals surface area (Å²) in [7, 11) is 1.81. The molecule has 0 aromatic rings. The van der Waals surface area contributed by atoms with Gasteiger partial charge in [-0.2, -0.15) is 0 Å². The van der Waals surface area contributed by atoms with Crippen molar-refractivity contribution in [3.63, 3.8) is 0 Å². The van der Waals surface area contributed by atoms with Gasteiger partial charge in [0.1, 0.15) is 0 Å². The predicted molar refractivity (Wildman–Crippen MR) is 56.4 cm³/mol. The number of alkyl halides is 1. The summed E-state index contributed by atoms with van der Waals surface area (Å²) in [5.41, 5.74) is 0. The van der Waals surface area contributed by atoms with Gasteiger partial charge >= 0.3 is 0 Å². The molecule has 0 unspecified atom stereocenters. The highest BCUT2D eigenvalue weighted by Crippen LogP contribution is 2.13. The van der Waals surface area contributed by atoms with Crippen LogP contribution < -0.4 is 0 Å². The number of rotatable bonds is 5. The van der Waals surface area contributed by atoms with E-state index < -0.39 is 0 Å². The quantitative estimate of drug-likeness (QED) is 0.504. The number of ether oxygens (including phenoxy) is 1. The van der Waals surface area contributed by atoms with Gasteiger partial charge in [0.05, 0.1) is 6.10 Å². The van der Waals surface area contributed by atoms with Gasteiger partial charge in [0.2, 0.25) is 0 Å². The first-order valence-corrected chi connectivity index (χ1v) is 5.71. The van der Waals surface area contributed by atoms with Gasteiger partial charge in [-0.1, -0.05) is 0 Å². The van der Waals surface area contributed by atoms with Crippen molar-refractivity contribution in [3.8, 4) is 0 Å². The fraction of sp³-hybridized carbons (Fsp3) is 1.00. The lowest BCUT2D eigenvalue weighted by Gasteiger charge is -2.30. The van der Waals surface area contributed by atoms with E-state index in [4.69, 9.17) is 16.3 Å². The molecule has 0 aromatic carbocycles. The largest absolute Gasteiger partial charge is 0.381 e. The standard InChI is InChI=1S/C10H20ClNO/c1-13-10-4-8-12(9-5-10)7-3-2-6-11/h10H,2-9H2,1H3. The Morgan fingerprint density at radius 3 is 2.54 bits per heavy atom. The van der Waals surface area contributed by atoms with Crippen molar-refractivity contribution in [1.82, 2.24) is 4.90 Å². The van der Waals surface area contributed by atoms with Crippen molar-refractivity contribution >= 4 is 11.6 Å². The van der Waals surface area contributed by atoms with E-state index in [1.54, 1.807) is 0 Å². The van der Waals surface area contributed by atoms with Crippen LogP contribution in [0.5, 0.6) is 0 Å². The highest BCUT2D eigenvalue weighted by Gasteiger charge is 2.17. The number of nitrogens with zero attached hydrogens (tertiary/aromatic N) is 1. The SMILES string of the molecule is COC1CCN(CCCCCl)CC1. The van der Waals surface area contributed by atoms with Crippen LogP contribution in [-0.4, -0.2) is 43.6 Å². The van der Waals surface area contributed by atoms with E-state index in [-0.39, 0.29) is 0 Å². The minimum atomic E-state index is 0.504. The topological polar surface area (TPSA) is 12.5 Å². The Balaban J connectivity index is 2.03. The van der Waals surface area contributed by atoms with E-state index in [1.165, 1.54) is 38.9 Å². The number of methoxy groups -OCH3 is 1. The van der Waals surface area contributed by atoms with Gasteiger partial charge in [0.15, 0.2) is 0 Å². The molecule has 1 fully saturated rings. The average Bonchev–Trinajstić information content (AvgIpc) is 2.19. The Morgan fingerprint density at radius 1 is 1.31 bits per heavy atom. The lowest BCUT2D eigenvalue weighted by Crippen LogP contribution is -2.37. The maximum atomic E-state index is 5.63. The average molecular weight is 206 g/mol. The van der Waals surface area contributed by atoms with Gasteiger partial charge in [-0.15, -0.1) is 11.6 Å². The summed E-state index contributed by atoms with van der Waals surface area (Å²) >= 11 is 5.63. The zero-order valence-electron chi connectivity index (χ0n) is 8.47. The van der Waals surface area contributed by atoms with Crippen molar-refractivity contribution in [1.29, 1.82) is 0 Å². The first kappa shape index (κ1) is 11.3. The number of likely N-dealkylation sites (tertiary alicyclic amines) is 1. The lowest BCUT2D eigenvalue weighted by atomic mass is 10.1.